The van der Waals surface area contributed by atoms with Crippen LogP contribution in [-0.4, -0.2) is 58.7 Å². The Kier molecular flexibility index (Phi) is 7.38. The van der Waals surface area contributed by atoms with E-state index in [1.807, 2.05) is 4.89 Å². The van der Waals surface area contributed by atoms with Gasteiger partial charge < -0.3 is 9.47 Å². The maximum atomic E-state index is 11.9. The molecule has 1 aliphatic rings. The quantitative estimate of drug-likeness (QED) is 0.375. The number of carbonyl (C=O) groups is 1. The van der Waals surface area contributed by atoms with E-state index < -0.39 is 10.2 Å². The topological polar surface area (TPSA) is 94.2 Å². The summed E-state index contributed by atoms with van der Waals surface area (Å²) in [7, 11) is -2.17. The van der Waals surface area contributed by atoms with Gasteiger partial charge >= 0.3 is 16.2 Å². The second-order valence-corrected chi connectivity index (χ2v) is 5.99. The van der Waals surface area contributed by atoms with Gasteiger partial charge in [0.25, 0.3) is 0 Å². The van der Waals surface area contributed by atoms with Gasteiger partial charge in [0.1, 0.15) is 0 Å². The van der Waals surface area contributed by atoms with Gasteiger partial charge in [0.2, 0.25) is 0 Å². The molecule has 1 saturated heterocycles. The Morgan fingerprint density at radius 3 is 2.50 bits per heavy atom. The van der Waals surface area contributed by atoms with Crippen LogP contribution in [0.4, 0.5) is 0 Å². The average molecular weight is 310 g/mol. The van der Waals surface area contributed by atoms with Crippen LogP contribution in [0.5, 0.6) is 0 Å². The Bertz CT molecular complexity index is 392. The van der Waals surface area contributed by atoms with E-state index >= 15 is 0 Å². The third-order valence-electron chi connectivity index (χ3n) is 2.97. The maximum absolute atomic E-state index is 11.9. The Hall–Kier alpha value is -0.740. The monoisotopic (exact) mass is 310 g/mol. The lowest BCUT2D eigenvalue weighted by molar-refractivity contribution is -0.149. The summed E-state index contributed by atoms with van der Waals surface area (Å²) in [4.78, 5) is 18.4. The minimum atomic E-state index is -3.67. The molecule has 0 saturated carbocycles. The van der Waals surface area contributed by atoms with Crippen molar-refractivity contribution in [3.8, 4) is 0 Å². The molecular formula is C11H22N2O6S. The average Bonchev–Trinajstić information content (AvgIpc) is 2.44. The molecule has 1 heterocycles. The van der Waals surface area contributed by atoms with Crippen LogP contribution in [-0.2, 0) is 29.3 Å². The first-order chi connectivity index (χ1) is 9.51. The molecule has 1 aliphatic heterocycles. The van der Waals surface area contributed by atoms with E-state index in [1.54, 1.807) is 6.92 Å². The van der Waals surface area contributed by atoms with E-state index in [4.69, 9.17) is 14.3 Å². The minimum absolute atomic E-state index is 0.134. The highest BCUT2D eigenvalue weighted by atomic mass is 32.2. The minimum Gasteiger partial charge on any atom is -0.466 e. The first kappa shape index (κ1) is 17.3. The molecule has 1 fully saturated rings. The summed E-state index contributed by atoms with van der Waals surface area (Å²) in [6.45, 7) is 3.06. The number of rotatable bonds is 8. The Morgan fingerprint density at radius 2 is 1.95 bits per heavy atom. The second kappa shape index (κ2) is 8.53. The molecule has 0 amide bonds. The molecule has 20 heavy (non-hydrogen) atoms. The van der Waals surface area contributed by atoms with Gasteiger partial charge in [-0.2, -0.15) is 12.7 Å². The third kappa shape index (κ3) is 5.33. The van der Waals surface area contributed by atoms with Gasteiger partial charge in [-0.05, 0) is 19.8 Å². The van der Waals surface area contributed by atoms with Crippen LogP contribution in [0, 0.1) is 5.92 Å². The zero-order chi connectivity index (χ0) is 15.0. The lowest BCUT2D eigenvalue weighted by Gasteiger charge is -2.29. The Labute approximate surface area is 119 Å². The number of hydrogen-bond acceptors (Lipinski definition) is 6. The van der Waals surface area contributed by atoms with Crippen LogP contribution in [0.15, 0.2) is 0 Å². The van der Waals surface area contributed by atoms with E-state index in [0.717, 1.165) is 0 Å². The van der Waals surface area contributed by atoms with Crippen molar-refractivity contribution < 1.29 is 27.5 Å². The van der Waals surface area contributed by atoms with Crippen LogP contribution in [0.1, 0.15) is 19.8 Å². The van der Waals surface area contributed by atoms with Crippen molar-refractivity contribution in [1.29, 1.82) is 0 Å². The highest BCUT2D eigenvalue weighted by molar-refractivity contribution is 7.87. The van der Waals surface area contributed by atoms with Gasteiger partial charge in [-0.1, -0.05) is 4.89 Å². The van der Waals surface area contributed by atoms with E-state index in [2.05, 4.69) is 0 Å². The molecule has 0 aromatic heterocycles. The summed E-state index contributed by atoms with van der Waals surface area (Å²) in [6.07, 6.45) is 0.912. The molecule has 0 aliphatic carbocycles. The van der Waals surface area contributed by atoms with Crippen molar-refractivity contribution in [3.05, 3.63) is 0 Å². The molecule has 0 atom stereocenters. The summed E-state index contributed by atoms with van der Waals surface area (Å²) in [6, 6.07) is 0. The first-order valence-corrected chi connectivity index (χ1v) is 7.99. The summed E-state index contributed by atoms with van der Waals surface area (Å²) in [5, 5.41) is 0. The van der Waals surface area contributed by atoms with Gasteiger partial charge in [-0.3, -0.25) is 9.63 Å². The number of carbonyl (C=O) groups excluding carboxylic acids is 1. The zero-order valence-corrected chi connectivity index (χ0v) is 12.6. The zero-order valence-electron chi connectivity index (χ0n) is 11.8. The van der Waals surface area contributed by atoms with E-state index in [-0.39, 0.29) is 31.6 Å². The van der Waals surface area contributed by atoms with Gasteiger partial charge in [-0.15, -0.1) is 0 Å². The Morgan fingerprint density at radius 1 is 1.30 bits per heavy atom. The fourth-order valence-electron chi connectivity index (χ4n) is 1.89. The predicted molar refractivity (Wildman–Crippen MR) is 70.8 cm³/mol. The summed E-state index contributed by atoms with van der Waals surface area (Å²) >= 11 is 0. The highest BCUT2D eigenvalue weighted by Gasteiger charge is 2.31. The van der Waals surface area contributed by atoms with Crippen LogP contribution < -0.4 is 4.89 Å². The van der Waals surface area contributed by atoms with Gasteiger partial charge in [-0.25, -0.2) is 0 Å². The van der Waals surface area contributed by atoms with E-state index in [9.17, 15) is 13.2 Å². The first-order valence-electron chi connectivity index (χ1n) is 6.55. The molecule has 8 nitrogen and oxygen atoms in total. The van der Waals surface area contributed by atoms with Crippen LogP contribution in [0.2, 0.25) is 0 Å². The summed E-state index contributed by atoms with van der Waals surface area (Å²) in [5.41, 5.74) is 0. The molecule has 0 aromatic carbocycles. The maximum Gasteiger partial charge on any atom is 0.309 e. The number of ether oxygens (including phenoxy) is 2. The lowest BCUT2D eigenvalue weighted by atomic mass is 9.98. The van der Waals surface area contributed by atoms with Crippen molar-refractivity contribution in [1.82, 2.24) is 9.19 Å². The van der Waals surface area contributed by atoms with Crippen molar-refractivity contribution in [3.63, 3.8) is 0 Å². The number of esters is 1. The van der Waals surface area contributed by atoms with E-state index in [0.29, 0.717) is 26.1 Å². The normalized spacial score (nSPS) is 18.1. The smallest absolute Gasteiger partial charge is 0.309 e. The highest BCUT2D eigenvalue weighted by Crippen LogP contribution is 2.20. The van der Waals surface area contributed by atoms with Crippen molar-refractivity contribution in [2.45, 2.75) is 19.8 Å². The summed E-state index contributed by atoms with van der Waals surface area (Å²) in [5.74, 6) is -0.482. The molecule has 0 bridgehead atoms. The van der Waals surface area contributed by atoms with Crippen LogP contribution >= 0.6 is 0 Å². The molecule has 0 unspecified atom stereocenters. The largest absolute Gasteiger partial charge is 0.466 e. The molecule has 0 spiro atoms. The fourth-order valence-corrected chi connectivity index (χ4v) is 2.92. The molecule has 0 radical (unpaired) electrons. The van der Waals surface area contributed by atoms with Crippen molar-refractivity contribution in [2.24, 2.45) is 5.92 Å². The molecule has 118 valence electrons. The predicted octanol–water partition coefficient (Wildman–Crippen LogP) is -0.326. The second-order valence-electron chi connectivity index (χ2n) is 4.36. The lowest BCUT2D eigenvalue weighted by Crippen LogP contribution is -2.46. The van der Waals surface area contributed by atoms with Gasteiger partial charge in [0, 0.05) is 20.2 Å². The molecule has 1 N–H and O–H groups in total. The number of methoxy groups -OCH3 is 1. The molecule has 1 rings (SSSR count). The SMILES string of the molecule is CCOC(=O)C1CCN(S(=O)(=O)NOCCOC)CC1. The molecule has 0 aromatic rings. The standard InChI is InChI=1S/C11H22N2O6S/c1-3-18-11(14)10-4-6-13(7-5-10)20(15,16)12-19-9-8-17-2/h10,12H,3-9H2,1-2H3. The number of nitrogens with one attached hydrogen (secondary N) is 1. The van der Waals surface area contributed by atoms with Crippen LogP contribution in [0.3, 0.4) is 0 Å². The van der Waals surface area contributed by atoms with Crippen molar-refractivity contribution in [2.75, 3.05) is 40.0 Å². The Balaban J connectivity index is 2.37. The van der Waals surface area contributed by atoms with Crippen LogP contribution in [0.25, 0.3) is 0 Å². The molecular weight excluding hydrogens is 288 g/mol. The third-order valence-corrected chi connectivity index (χ3v) is 4.34. The number of nitrogens with zero attached hydrogens (tertiary/aromatic N) is 1. The fraction of sp³-hybridized carbons (Fsp3) is 0.909. The number of piperidine rings is 1. The van der Waals surface area contributed by atoms with E-state index in [1.165, 1.54) is 11.4 Å². The number of hydrogen-bond donors (Lipinski definition) is 1. The van der Waals surface area contributed by atoms with Crippen molar-refractivity contribution >= 4 is 16.2 Å². The van der Waals surface area contributed by atoms with Gasteiger partial charge in [0.15, 0.2) is 0 Å². The summed E-state index contributed by atoms with van der Waals surface area (Å²) < 4.78 is 34.7. The molecule has 9 heteroatoms. The van der Waals surface area contributed by atoms with Gasteiger partial charge in [0.05, 0.1) is 25.7 Å².